The summed E-state index contributed by atoms with van der Waals surface area (Å²) in [4.78, 5) is 12.0. The van der Waals surface area contributed by atoms with Gasteiger partial charge in [0.05, 0.1) is 15.7 Å². The third kappa shape index (κ3) is 4.67. The summed E-state index contributed by atoms with van der Waals surface area (Å²) in [7, 11) is 0. The highest BCUT2D eigenvalue weighted by Crippen LogP contribution is 2.36. The van der Waals surface area contributed by atoms with E-state index in [1.807, 2.05) is 0 Å². The molecule has 0 aliphatic heterocycles. The molecule has 0 aliphatic carbocycles. The number of para-hydroxylation sites is 1. The van der Waals surface area contributed by atoms with Crippen LogP contribution < -0.4 is 10.1 Å². The number of rotatable bonds is 4. The van der Waals surface area contributed by atoms with Crippen LogP contribution in [0.15, 0.2) is 34.8 Å². The van der Waals surface area contributed by atoms with E-state index >= 15 is 0 Å². The second-order valence-corrected chi connectivity index (χ2v) is 6.50. The maximum Gasteiger partial charge on any atom is 0.418 e. The monoisotopic (exact) mass is 435 g/mol. The number of benzene rings is 2. The van der Waals surface area contributed by atoms with Crippen LogP contribution in [-0.4, -0.2) is 12.5 Å². The van der Waals surface area contributed by atoms with Gasteiger partial charge in [-0.2, -0.15) is 13.2 Å². The molecular formula is C17H14BrClF3NO2. The highest BCUT2D eigenvalue weighted by atomic mass is 79.9. The third-order valence-electron chi connectivity index (χ3n) is 3.43. The van der Waals surface area contributed by atoms with Gasteiger partial charge in [0.1, 0.15) is 5.75 Å². The molecule has 0 unspecified atom stereocenters. The molecule has 0 heterocycles. The molecule has 0 saturated carbocycles. The van der Waals surface area contributed by atoms with Crippen molar-refractivity contribution in [1.82, 2.24) is 0 Å². The van der Waals surface area contributed by atoms with E-state index in [9.17, 15) is 18.0 Å². The molecule has 134 valence electrons. The number of carbonyl (C=O) groups is 1. The molecule has 8 heteroatoms. The Kier molecular flexibility index (Phi) is 6.00. The van der Waals surface area contributed by atoms with Crippen molar-refractivity contribution in [2.45, 2.75) is 20.0 Å². The Labute approximate surface area is 156 Å². The fraction of sp³-hybridized carbons (Fsp3) is 0.235. The van der Waals surface area contributed by atoms with Crippen molar-refractivity contribution in [2.24, 2.45) is 0 Å². The zero-order valence-electron chi connectivity index (χ0n) is 13.3. The van der Waals surface area contributed by atoms with E-state index in [0.717, 1.165) is 17.2 Å². The van der Waals surface area contributed by atoms with Crippen LogP contribution in [0.25, 0.3) is 0 Å². The summed E-state index contributed by atoms with van der Waals surface area (Å²) >= 11 is 9.44. The Hall–Kier alpha value is -1.73. The average Bonchev–Trinajstić information content (AvgIpc) is 2.54. The molecule has 0 fully saturated rings. The Bertz CT molecular complexity index is 809. The van der Waals surface area contributed by atoms with Gasteiger partial charge in [-0.25, -0.2) is 0 Å². The van der Waals surface area contributed by atoms with Crippen LogP contribution >= 0.6 is 27.5 Å². The number of ether oxygens (including phenoxy) is 1. The van der Waals surface area contributed by atoms with E-state index in [4.69, 9.17) is 16.3 Å². The lowest BCUT2D eigenvalue weighted by atomic mass is 10.1. The first-order chi connectivity index (χ1) is 11.6. The maximum absolute atomic E-state index is 12.9. The zero-order chi connectivity index (χ0) is 18.8. The topological polar surface area (TPSA) is 38.3 Å². The molecule has 2 aromatic carbocycles. The zero-order valence-corrected chi connectivity index (χ0v) is 15.6. The highest BCUT2D eigenvalue weighted by Gasteiger charge is 2.33. The standard InChI is InChI=1S/C17H14BrClF3NO2/c1-9-7-13(15(18)10(2)16(9)19)25-8-14(24)23-12-6-4-3-5-11(12)17(20,21)22/h3-7H,8H2,1-2H3,(H,23,24). The van der Waals surface area contributed by atoms with Gasteiger partial charge in [-0.05, 0) is 59.1 Å². The van der Waals surface area contributed by atoms with Gasteiger partial charge in [-0.1, -0.05) is 23.7 Å². The Morgan fingerprint density at radius 3 is 2.56 bits per heavy atom. The van der Waals surface area contributed by atoms with Crippen molar-refractivity contribution in [3.8, 4) is 5.75 Å². The quantitative estimate of drug-likeness (QED) is 0.662. The molecule has 2 rings (SSSR count). The van der Waals surface area contributed by atoms with Crippen molar-refractivity contribution in [3.05, 3.63) is 56.5 Å². The van der Waals surface area contributed by atoms with E-state index in [1.54, 1.807) is 19.9 Å². The first kappa shape index (κ1) is 19.6. The van der Waals surface area contributed by atoms with Gasteiger partial charge in [0.2, 0.25) is 0 Å². The van der Waals surface area contributed by atoms with Gasteiger partial charge in [0, 0.05) is 5.02 Å². The lowest BCUT2D eigenvalue weighted by Gasteiger charge is -2.15. The van der Waals surface area contributed by atoms with Gasteiger partial charge in [0.25, 0.3) is 5.91 Å². The molecule has 0 bridgehead atoms. The van der Waals surface area contributed by atoms with Gasteiger partial charge >= 0.3 is 6.18 Å². The number of alkyl halides is 3. The van der Waals surface area contributed by atoms with E-state index in [-0.39, 0.29) is 5.69 Å². The molecule has 0 atom stereocenters. The van der Waals surface area contributed by atoms with Gasteiger partial charge < -0.3 is 10.1 Å². The minimum absolute atomic E-state index is 0.314. The van der Waals surface area contributed by atoms with Crippen LogP contribution in [0, 0.1) is 13.8 Å². The lowest BCUT2D eigenvalue weighted by molar-refractivity contribution is -0.137. The smallest absolute Gasteiger partial charge is 0.418 e. The molecular weight excluding hydrogens is 423 g/mol. The van der Waals surface area contributed by atoms with Crippen LogP contribution in [0.5, 0.6) is 5.75 Å². The molecule has 0 spiro atoms. The van der Waals surface area contributed by atoms with Crippen molar-refractivity contribution in [2.75, 3.05) is 11.9 Å². The molecule has 0 aromatic heterocycles. The SMILES string of the molecule is Cc1cc(OCC(=O)Nc2ccccc2C(F)(F)F)c(Br)c(C)c1Cl. The predicted octanol–water partition coefficient (Wildman–Crippen LogP) is 5.76. The van der Waals surface area contributed by atoms with E-state index in [1.165, 1.54) is 18.2 Å². The number of anilines is 1. The summed E-state index contributed by atoms with van der Waals surface area (Å²) in [5, 5.41) is 2.79. The normalized spacial score (nSPS) is 11.3. The summed E-state index contributed by atoms with van der Waals surface area (Å²) < 4.78 is 44.8. The first-order valence-corrected chi connectivity index (χ1v) is 8.32. The molecule has 3 nitrogen and oxygen atoms in total. The highest BCUT2D eigenvalue weighted by molar-refractivity contribution is 9.10. The summed E-state index contributed by atoms with van der Waals surface area (Å²) in [6.45, 7) is 3.13. The predicted molar refractivity (Wildman–Crippen MR) is 94.2 cm³/mol. The minimum Gasteiger partial charge on any atom is -0.483 e. The van der Waals surface area contributed by atoms with Crippen molar-refractivity contribution in [1.29, 1.82) is 0 Å². The summed E-state index contributed by atoms with van der Waals surface area (Å²) in [5.41, 5.74) is 0.286. The van der Waals surface area contributed by atoms with E-state index in [2.05, 4.69) is 21.2 Å². The number of amides is 1. The van der Waals surface area contributed by atoms with Crippen LogP contribution in [0.4, 0.5) is 18.9 Å². The van der Waals surface area contributed by atoms with Crippen LogP contribution in [0.1, 0.15) is 16.7 Å². The van der Waals surface area contributed by atoms with Crippen LogP contribution in [0.2, 0.25) is 5.02 Å². The lowest BCUT2D eigenvalue weighted by Crippen LogP contribution is -2.22. The molecule has 2 aromatic rings. The second-order valence-electron chi connectivity index (χ2n) is 5.32. The molecule has 0 saturated heterocycles. The van der Waals surface area contributed by atoms with Crippen LogP contribution in [0.3, 0.4) is 0 Å². The number of carbonyl (C=O) groups excluding carboxylic acids is 1. The summed E-state index contributed by atoms with van der Waals surface area (Å²) in [6, 6.07) is 6.40. The summed E-state index contributed by atoms with van der Waals surface area (Å²) in [6.07, 6.45) is -4.56. The van der Waals surface area contributed by atoms with Gasteiger partial charge in [-0.3, -0.25) is 4.79 Å². The number of halogens is 5. The second kappa shape index (κ2) is 7.66. The Balaban J connectivity index is 2.11. The molecule has 0 radical (unpaired) electrons. The van der Waals surface area contributed by atoms with Crippen molar-refractivity contribution in [3.63, 3.8) is 0 Å². The third-order valence-corrected chi connectivity index (χ3v) is 5.00. The molecule has 0 aliphatic rings. The van der Waals surface area contributed by atoms with E-state index in [0.29, 0.717) is 15.2 Å². The number of nitrogens with one attached hydrogen (secondary N) is 1. The molecule has 1 amide bonds. The number of aryl methyl sites for hydroxylation is 1. The van der Waals surface area contributed by atoms with Crippen molar-refractivity contribution >= 4 is 39.1 Å². The maximum atomic E-state index is 12.9. The van der Waals surface area contributed by atoms with Gasteiger partial charge in [-0.15, -0.1) is 0 Å². The Morgan fingerprint density at radius 1 is 1.28 bits per heavy atom. The fourth-order valence-electron chi connectivity index (χ4n) is 2.17. The number of hydrogen-bond acceptors (Lipinski definition) is 2. The average molecular weight is 437 g/mol. The minimum atomic E-state index is -4.56. The van der Waals surface area contributed by atoms with Crippen molar-refractivity contribution < 1.29 is 22.7 Å². The first-order valence-electron chi connectivity index (χ1n) is 7.15. The van der Waals surface area contributed by atoms with Crippen LogP contribution in [-0.2, 0) is 11.0 Å². The largest absolute Gasteiger partial charge is 0.483 e. The molecule has 1 N–H and O–H groups in total. The number of hydrogen-bond donors (Lipinski definition) is 1. The van der Waals surface area contributed by atoms with E-state index < -0.39 is 24.3 Å². The Morgan fingerprint density at radius 2 is 1.92 bits per heavy atom. The molecule has 25 heavy (non-hydrogen) atoms. The summed E-state index contributed by atoms with van der Waals surface area (Å²) in [5.74, 6) is -0.312. The fourth-order valence-corrected chi connectivity index (χ4v) is 2.86. The van der Waals surface area contributed by atoms with Gasteiger partial charge in [0.15, 0.2) is 6.61 Å².